The Bertz CT molecular complexity index is 415. The molecule has 1 aliphatic heterocycles. The third-order valence-electron chi connectivity index (χ3n) is 5.47. The summed E-state index contributed by atoms with van der Waals surface area (Å²) in [6, 6.07) is 6.60. The van der Waals surface area contributed by atoms with Gasteiger partial charge in [0.25, 0.3) is 0 Å². The van der Waals surface area contributed by atoms with Crippen molar-refractivity contribution >= 4 is 0 Å². The third kappa shape index (κ3) is 4.27. The predicted molar refractivity (Wildman–Crippen MR) is 86.6 cm³/mol. The third-order valence-corrected chi connectivity index (χ3v) is 5.47. The Kier molecular flexibility index (Phi) is 5.77. The monoisotopic (exact) mass is 292 g/mol. The largest absolute Gasteiger partial charge is 0.324 e. The second-order valence-corrected chi connectivity index (χ2v) is 6.50. The van der Waals surface area contributed by atoms with Crippen LogP contribution >= 0.6 is 0 Å². The molecule has 1 fully saturated rings. The number of piperidine rings is 1. The fourth-order valence-corrected chi connectivity index (χ4v) is 3.41. The number of rotatable bonds is 6. The Morgan fingerprint density at radius 1 is 1.14 bits per heavy atom. The van der Waals surface area contributed by atoms with Crippen molar-refractivity contribution in [2.75, 3.05) is 19.6 Å². The summed E-state index contributed by atoms with van der Waals surface area (Å²) in [5.41, 5.74) is 7.83. The van der Waals surface area contributed by atoms with Crippen LogP contribution in [-0.4, -0.2) is 24.5 Å². The van der Waals surface area contributed by atoms with Crippen LogP contribution in [-0.2, 0) is 0 Å². The van der Waals surface area contributed by atoms with E-state index >= 15 is 0 Å². The summed E-state index contributed by atoms with van der Waals surface area (Å²) in [5, 5.41) is 0. The van der Waals surface area contributed by atoms with Crippen molar-refractivity contribution in [3.63, 3.8) is 0 Å². The molecule has 1 saturated heterocycles. The van der Waals surface area contributed by atoms with E-state index in [0.717, 1.165) is 18.5 Å². The number of nitrogens with two attached hydrogens (primary N) is 1. The molecule has 2 rings (SSSR count). The first-order valence-corrected chi connectivity index (χ1v) is 8.32. The minimum Gasteiger partial charge on any atom is -0.324 e. The SMILES string of the molecule is CCC1(CC)CCN(CCC(N)c2ccc(F)cc2)CC1. The molecule has 2 N–H and O–H groups in total. The fourth-order valence-electron chi connectivity index (χ4n) is 3.41. The van der Waals surface area contributed by atoms with Gasteiger partial charge in [-0.3, -0.25) is 0 Å². The first kappa shape index (κ1) is 16.4. The molecule has 0 amide bonds. The van der Waals surface area contributed by atoms with Crippen molar-refractivity contribution < 1.29 is 4.39 Å². The average molecular weight is 292 g/mol. The Labute approximate surface area is 128 Å². The van der Waals surface area contributed by atoms with Gasteiger partial charge < -0.3 is 10.6 Å². The second-order valence-electron chi connectivity index (χ2n) is 6.50. The molecular weight excluding hydrogens is 263 g/mol. The lowest BCUT2D eigenvalue weighted by atomic mass is 9.74. The Morgan fingerprint density at radius 3 is 2.24 bits per heavy atom. The fraction of sp³-hybridized carbons (Fsp3) is 0.667. The zero-order valence-corrected chi connectivity index (χ0v) is 13.4. The predicted octanol–water partition coefficient (Wildman–Crippen LogP) is 4.12. The highest BCUT2D eigenvalue weighted by Crippen LogP contribution is 2.37. The number of likely N-dealkylation sites (tertiary alicyclic amines) is 1. The van der Waals surface area contributed by atoms with Gasteiger partial charge in [0, 0.05) is 6.04 Å². The van der Waals surface area contributed by atoms with Gasteiger partial charge in [-0.2, -0.15) is 0 Å². The van der Waals surface area contributed by atoms with Crippen molar-refractivity contribution in [3.8, 4) is 0 Å². The molecule has 0 bridgehead atoms. The van der Waals surface area contributed by atoms with Crippen LogP contribution in [0.25, 0.3) is 0 Å². The van der Waals surface area contributed by atoms with Gasteiger partial charge in [-0.1, -0.05) is 38.8 Å². The molecule has 0 spiro atoms. The molecule has 0 aromatic heterocycles. The van der Waals surface area contributed by atoms with E-state index in [0.29, 0.717) is 5.41 Å². The minimum atomic E-state index is -0.197. The van der Waals surface area contributed by atoms with Gasteiger partial charge in [-0.05, 0) is 62.0 Å². The van der Waals surface area contributed by atoms with E-state index in [1.807, 2.05) is 0 Å². The van der Waals surface area contributed by atoms with Crippen LogP contribution in [0.2, 0.25) is 0 Å². The molecular formula is C18H29FN2. The van der Waals surface area contributed by atoms with Crippen molar-refractivity contribution in [2.45, 2.75) is 52.0 Å². The van der Waals surface area contributed by atoms with Gasteiger partial charge in [0.05, 0.1) is 0 Å². The van der Waals surface area contributed by atoms with E-state index in [4.69, 9.17) is 5.73 Å². The molecule has 2 nitrogen and oxygen atoms in total. The van der Waals surface area contributed by atoms with Crippen molar-refractivity contribution in [1.82, 2.24) is 4.90 Å². The number of nitrogens with zero attached hydrogens (tertiary/aromatic N) is 1. The Hall–Kier alpha value is -0.930. The molecule has 1 aromatic carbocycles. The van der Waals surface area contributed by atoms with Crippen LogP contribution in [0.3, 0.4) is 0 Å². The van der Waals surface area contributed by atoms with E-state index in [1.165, 1.54) is 50.9 Å². The lowest BCUT2D eigenvalue weighted by Crippen LogP contribution is -2.40. The van der Waals surface area contributed by atoms with Crippen LogP contribution in [0.5, 0.6) is 0 Å². The summed E-state index contributed by atoms with van der Waals surface area (Å²) in [6.07, 6.45) is 6.16. The van der Waals surface area contributed by atoms with E-state index in [1.54, 1.807) is 12.1 Å². The number of hydrogen-bond acceptors (Lipinski definition) is 2. The van der Waals surface area contributed by atoms with Gasteiger partial charge in [-0.25, -0.2) is 4.39 Å². The summed E-state index contributed by atoms with van der Waals surface area (Å²) >= 11 is 0. The van der Waals surface area contributed by atoms with E-state index in [2.05, 4.69) is 18.7 Å². The molecule has 118 valence electrons. The highest BCUT2D eigenvalue weighted by molar-refractivity contribution is 5.19. The normalized spacial score (nSPS) is 20.4. The molecule has 1 atom stereocenters. The van der Waals surface area contributed by atoms with E-state index in [9.17, 15) is 4.39 Å². The van der Waals surface area contributed by atoms with Crippen LogP contribution in [0.4, 0.5) is 4.39 Å². The first-order valence-electron chi connectivity index (χ1n) is 8.32. The van der Waals surface area contributed by atoms with Crippen LogP contribution < -0.4 is 5.73 Å². The number of hydrogen-bond donors (Lipinski definition) is 1. The molecule has 3 heteroatoms. The minimum absolute atomic E-state index is 0.00892. The van der Waals surface area contributed by atoms with Crippen molar-refractivity contribution in [3.05, 3.63) is 35.6 Å². The molecule has 1 aliphatic rings. The lowest BCUT2D eigenvalue weighted by Gasteiger charge is -2.41. The van der Waals surface area contributed by atoms with Crippen LogP contribution in [0, 0.1) is 11.2 Å². The van der Waals surface area contributed by atoms with E-state index in [-0.39, 0.29) is 11.9 Å². The average Bonchev–Trinajstić information content (AvgIpc) is 2.54. The molecule has 1 unspecified atom stereocenters. The first-order chi connectivity index (χ1) is 10.1. The summed E-state index contributed by atoms with van der Waals surface area (Å²) in [4.78, 5) is 2.53. The molecule has 1 aromatic rings. The summed E-state index contributed by atoms with van der Waals surface area (Å²) in [5.74, 6) is -0.197. The maximum absolute atomic E-state index is 12.9. The topological polar surface area (TPSA) is 29.3 Å². The van der Waals surface area contributed by atoms with Gasteiger partial charge in [-0.15, -0.1) is 0 Å². The highest BCUT2D eigenvalue weighted by Gasteiger charge is 2.30. The molecule has 1 heterocycles. The molecule has 0 radical (unpaired) electrons. The zero-order chi connectivity index (χ0) is 15.3. The Balaban J connectivity index is 1.78. The van der Waals surface area contributed by atoms with Crippen LogP contribution in [0.1, 0.15) is 57.6 Å². The summed E-state index contributed by atoms with van der Waals surface area (Å²) in [7, 11) is 0. The Morgan fingerprint density at radius 2 is 1.71 bits per heavy atom. The van der Waals surface area contributed by atoms with Gasteiger partial charge in [0.1, 0.15) is 5.82 Å². The quantitative estimate of drug-likeness (QED) is 0.854. The summed E-state index contributed by atoms with van der Waals surface area (Å²) in [6.45, 7) is 8.07. The maximum atomic E-state index is 12.9. The standard InChI is InChI=1S/C18H29FN2/c1-3-18(4-2)10-13-21(14-11-18)12-9-17(20)15-5-7-16(19)8-6-15/h5-8,17H,3-4,9-14,20H2,1-2H3. The summed E-state index contributed by atoms with van der Waals surface area (Å²) < 4.78 is 12.9. The molecule has 0 saturated carbocycles. The number of halogens is 1. The maximum Gasteiger partial charge on any atom is 0.123 e. The van der Waals surface area contributed by atoms with Gasteiger partial charge >= 0.3 is 0 Å². The second kappa shape index (κ2) is 7.37. The van der Waals surface area contributed by atoms with Crippen molar-refractivity contribution in [2.24, 2.45) is 11.1 Å². The highest BCUT2D eigenvalue weighted by atomic mass is 19.1. The van der Waals surface area contributed by atoms with Gasteiger partial charge in [0.2, 0.25) is 0 Å². The molecule has 21 heavy (non-hydrogen) atoms. The van der Waals surface area contributed by atoms with Gasteiger partial charge in [0.15, 0.2) is 0 Å². The molecule has 0 aliphatic carbocycles. The lowest BCUT2D eigenvalue weighted by molar-refractivity contribution is 0.0934. The number of benzene rings is 1. The zero-order valence-electron chi connectivity index (χ0n) is 13.4. The van der Waals surface area contributed by atoms with Crippen molar-refractivity contribution in [1.29, 1.82) is 0 Å². The van der Waals surface area contributed by atoms with E-state index < -0.39 is 0 Å². The smallest absolute Gasteiger partial charge is 0.123 e. The van der Waals surface area contributed by atoms with Crippen LogP contribution in [0.15, 0.2) is 24.3 Å².